The number of nitrogens with zero attached hydrogens (tertiary/aromatic N) is 1. The van der Waals surface area contributed by atoms with Crippen LogP contribution in [0.1, 0.15) is 35.1 Å². The largest absolute Gasteiger partial charge is 0.387 e. The lowest BCUT2D eigenvalue weighted by Crippen LogP contribution is -2.36. The van der Waals surface area contributed by atoms with Crippen molar-refractivity contribution < 1.29 is 5.11 Å². The van der Waals surface area contributed by atoms with E-state index in [0.717, 1.165) is 25.1 Å². The van der Waals surface area contributed by atoms with Gasteiger partial charge in [-0.05, 0) is 42.0 Å². The summed E-state index contributed by atoms with van der Waals surface area (Å²) in [6.45, 7) is 2.16. The van der Waals surface area contributed by atoms with Crippen molar-refractivity contribution in [2.75, 3.05) is 13.1 Å². The summed E-state index contributed by atoms with van der Waals surface area (Å²) < 4.78 is 0. The summed E-state index contributed by atoms with van der Waals surface area (Å²) >= 11 is 0. The number of aliphatic hydroxyl groups excluding tert-OH is 1. The van der Waals surface area contributed by atoms with Gasteiger partial charge >= 0.3 is 0 Å². The molecule has 3 unspecified atom stereocenters. The van der Waals surface area contributed by atoms with E-state index in [9.17, 15) is 5.11 Å². The Balaban J connectivity index is 1.50. The maximum absolute atomic E-state index is 10.6. The third-order valence-corrected chi connectivity index (χ3v) is 5.13. The molecule has 1 saturated heterocycles. The van der Waals surface area contributed by atoms with E-state index in [0.29, 0.717) is 5.92 Å². The fourth-order valence-corrected chi connectivity index (χ4v) is 3.97. The molecule has 0 spiro atoms. The average Bonchev–Trinajstić information content (AvgIpc) is 3.14. The van der Waals surface area contributed by atoms with Gasteiger partial charge in [-0.25, -0.2) is 0 Å². The number of likely N-dealkylation sites (tertiary alicyclic amines) is 1. The molecule has 2 aromatic carbocycles. The van der Waals surface area contributed by atoms with Crippen LogP contribution in [-0.2, 0) is 6.42 Å². The van der Waals surface area contributed by atoms with E-state index in [1.165, 1.54) is 17.5 Å². The van der Waals surface area contributed by atoms with E-state index >= 15 is 0 Å². The van der Waals surface area contributed by atoms with E-state index < -0.39 is 0 Å². The molecule has 0 bridgehead atoms. The summed E-state index contributed by atoms with van der Waals surface area (Å²) in [5.41, 5.74) is 3.88. The standard InChI is InChI=1S/C19H21NO/c21-19-17-9-5-4-8-15(17)12-18(19)20-11-10-16(13-20)14-6-2-1-3-7-14/h1-9,16,18-19,21H,10-13H2. The first-order chi connectivity index (χ1) is 10.3. The van der Waals surface area contributed by atoms with Crippen molar-refractivity contribution in [3.05, 3.63) is 71.3 Å². The highest BCUT2D eigenvalue weighted by Crippen LogP contribution is 2.38. The van der Waals surface area contributed by atoms with Crippen molar-refractivity contribution in [3.8, 4) is 0 Å². The zero-order chi connectivity index (χ0) is 14.2. The molecule has 2 nitrogen and oxygen atoms in total. The van der Waals surface area contributed by atoms with Gasteiger partial charge < -0.3 is 5.11 Å². The number of hydrogen-bond acceptors (Lipinski definition) is 2. The zero-order valence-electron chi connectivity index (χ0n) is 12.2. The molecule has 1 heterocycles. The zero-order valence-corrected chi connectivity index (χ0v) is 12.2. The molecule has 0 radical (unpaired) electrons. The van der Waals surface area contributed by atoms with Gasteiger partial charge in [0.2, 0.25) is 0 Å². The summed E-state index contributed by atoms with van der Waals surface area (Å²) in [6.07, 6.45) is 1.86. The van der Waals surface area contributed by atoms with Crippen LogP contribution in [0, 0.1) is 0 Å². The van der Waals surface area contributed by atoms with Crippen molar-refractivity contribution in [1.29, 1.82) is 0 Å². The fraction of sp³-hybridized carbons (Fsp3) is 0.368. The Bertz CT molecular complexity index is 624. The van der Waals surface area contributed by atoms with Gasteiger partial charge in [0, 0.05) is 12.6 Å². The van der Waals surface area contributed by atoms with Crippen LogP contribution in [0.15, 0.2) is 54.6 Å². The SMILES string of the molecule is OC1c2ccccc2CC1N1CCC(c2ccccc2)C1. The number of rotatable bonds is 2. The molecule has 0 saturated carbocycles. The molecule has 1 aliphatic carbocycles. The number of fused-ring (bicyclic) bond motifs is 1. The van der Waals surface area contributed by atoms with Gasteiger partial charge in [0.15, 0.2) is 0 Å². The van der Waals surface area contributed by atoms with Crippen molar-refractivity contribution in [2.24, 2.45) is 0 Å². The highest BCUT2D eigenvalue weighted by Gasteiger charge is 2.38. The van der Waals surface area contributed by atoms with E-state index in [1.807, 2.05) is 6.07 Å². The Labute approximate surface area is 126 Å². The van der Waals surface area contributed by atoms with Crippen LogP contribution in [0.2, 0.25) is 0 Å². The van der Waals surface area contributed by atoms with E-state index in [2.05, 4.69) is 53.4 Å². The van der Waals surface area contributed by atoms with E-state index in [1.54, 1.807) is 0 Å². The first-order valence-corrected chi connectivity index (χ1v) is 7.88. The van der Waals surface area contributed by atoms with Crippen molar-refractivity contribution in [2.45, 2.75) is 30.9 Å². The molecule has 21 heavy (non-hydrogen) atoms. The Morgan fingerprint density at radius 2 is 1.71 bits per heavy atom. The summed E-state index contributed by atoms with van der Waals surface area (Å²) in [5.74, 6) is 0.613. The maximum Gasteiger partial charge on any atom is 0.0951 e. The second-order valence-electron chi connectivity index (χ2n) is 6.31. The van der Waals surface area contributed by atoms with Gasteiger partial charge in [0.1, 0.15) is 0 Å². The lowest BCUT2D eigenvalue weighted by atomic mass is 9.99. The number of aliphatic hydroxyl groups is 1. The first kappa shape index (κ1) is 13.1. The molecular formula is C19H21NO. The molecule has 2 aromatic rings. The molecule has 3 atom stereocenters. The molecule has 0 amide bonds. The lowest BCUT2D eigenvalue weighted by Gasteiger charge is -2.27. The summed E-state index contributed by atoms with van der Waals surface area (Å²) in [4.78, 5) is 2.49. The van der Waals surface area contributed by atoms with Gasteiger partial charge in [-0.2, -0.15) is 0 Å². The summed E-state index contributed by atoms with van der Waals surface area (Å²) in [6, 6.07) is 19.4. The molecular weight excluding hydrogens is 258 g/mol. The fourth-order valence-electron chi connectivity index (χ4n) is 3.97. The van der Waals surface area contributed by atoms with Crippen LogP contribution in [0.25, 0.3) is 0 Å². The molecule has 4 rings (SSSR count). The number of hydrogen-bond donors (Lipinski definition) is 1. The Hall–Kier alpha value is -1.64. The predicted octanol–water partition coefficient (Wildman–Crippen LogP) is 3.13. The first-order valence-electron chi connectivity index (χ1n) is 7.88. The highest BCUT2D eigenvalue weighted by atomic mass is 16.3. The molecule has 2 heteroatoms. The molecule has 1 fully saturated rings. The monoisotopic (exact) mass is 279 g/mol. The molecule has 0 aromatic heterocycles. The quantitative estimate of drug-likeness (QED) is 0.913. The van der Waals surface area contributed by atoms with Gasteiger partial charge in [0.05, 0.1) is 6.10 Å². The maximum atomic E-state index is 10.6. The average molecular weight is 279 g/mol. The Morgan fingerprint density at radius 3 is 2.52 bits per heavy atom. The predicted molar refractivity (Wildman–Crippen MR) is 84.3 cm³/mol. The third-order valence-electron chi connectivity index (χ3n) is 5.13. The Kier molecular flexibility index (Phi) is 3.28. The minimum absolute atomic E-state index is 0.260. The van der Waals surface area contributed by atoms with E-state index in [-0.39, 0.29) is 12.1 Å². The molecule has 1 aliphatic heterocycles. The van der Waals surface area contributed by atoms with Gasteiger partial charge in [0.25, 0.3) is 0 Å². The summed E-state index contributed by atoms with van der Waals surface area (Å²) in [7, 11) is 0. The van der Waals surface area contributed by atoms with Crippen LogP contribution >= 0.6 is 0 Å². The normalized spacial score (nSPS) is 28.7. The third kappa shape index (κ3) is 2.29. The topological polar surface area (TPSA) is 23.5 Å². The smallest absolute Gasteiger partial charge is 0.0951 e. The lowest BCUT2D eigenvalue weighted by molar-refractivity contribution is 0.0742. The Morgan fingerprint density at radius 1 is 0.952 bits per heavy atom. The second-order valence-corrected chi connectivity index (χ2v) is 6.31. The van der Waals surface area contributed by atoms with Gasteiger partial charge in [-0.15, -0.1) is 0 Å². The van der Waals surface area contributed by atoms with Crippen LogP contribution in [-0.4, -0.2) is 29.1 Å². The molecule has 108 valence electrons. The summed E-state index contributed by atoms with van der Waals surface area (Å²) in [5, 5.41) is 10.6. The van der Waals surface area contributed by atoms with E-state index in [4.69, 9.17) is 0 Å². The van der Waals surface area contributed by atoms with Crippen LogP contribution in [0.5, 0.6) is 0 Å². The molecule has 1 N–H and O–H groups in total. The van der Waals surface area contributed by atoms with Gasteiger partial charge in [-0.3, -0.25) is 4.90 Å². The van der Waals surface area contributed by atoms with Crippen LogP contribution < -0.4 is 0 Å². The van der Waals surface area contributed by atoms with Crippen molar-refractivity contribution in [3.63, 3.8) is 0 Å². The van der Waals surface area contributed by atoms with Crippen LogP contribution in [0.3, 0.4) is 0 Å². The molecule has 2 aliphatic rings. The highest BCUT2D eigenvalue weighted by molar-refractivity contribution is 5.36. The number of benzene rings is 2. The van der Waals surface area contributed by atoms with Crippen molar-refractivity contribution in [1.82, 2.24) is 4.90 Å². The second kappa shape index (κ2) is 5.28. The minimum atomic E-state index is -0.323. The van der Waals surface area contributed by atoms with Crippen LogP contribution in [0.4, 0.5) is 0 Å². The van der Waals surface area contributed by atoms with Crippen molar-refractivity contribution >= 4 is 0 Å². The van der Waals surface area contributed by atoms with Gasteiger partial charge in [-0.1, -0.05) is 54.6 Å². The minimum Gasteiger partial charge on any atom is -0.387 e.